The highest BCUT2D eigenvalue weighted by Gasteiger charge is 1.56. The van der Waals surface area contributed by atoms with Crippen LogP contribution in [-0.2, 0) is 0 Å². The molecular formula is C4H13N3O. The highest BCUT2D eigenvalue weighted by molar-refractivity contribution is 4.64. The summed E-state index contributed by atoms with van der Waals surface area (Å²) in [6, 6.07) is 0. The maximum atomic E-state index is 3.67. The molecule has 0 aliphatic rings. The van der Waals surface area contributed by atoms with Gasteiger partial charge in [0.15, 0.2) is 0 Å². The van der Waals surface area contributed by atoms with Gasteiger partial charge in [-0.1, -0.05) is 7.43 Å². The fourth-order valence-corrected chi connectivity index (χ4v) is 0.215. The minimum atomic E-state index is 0. The zero-order valence-electron chi connectivity index (χ0n) is 3.89. The first-order valence-corrected chi connectivity index (χ1v) is 1.43. The lowest BCUT2D eigenvalue weighted by Gasteiger charge is -1.46. The summed E-state index contributed by atoms with van der Waals surface area (Å²) in [5.41, 5.74) is 0. The average Bonchev–Trinajstić information content (AvgIpc) is 1.76. The van der Waals surface area contributed by atoms with E-state index in [2.05, 4.69) is 9.97 Å². The third-order valence-corrected chi connectivity index (χ3v) is 0.406. The minimum absolute atomic E-state index is 0. The molecule has 1 rings (SSSR count). The molecule has 0 aliphatic heterocycles. The van der Waals surface area contributed by atoms with E-state index in [1.165, 1.54) is 0 Å². The van der Waals surface area contributed by atoms with Gasteiger partial charge < -0.3 is 16.6 Å². The molecule has 0 unspecified atom stereocenters. The first-order chi connectivity index (χ1) is 2.50. The van der Waals surface area contributed by atoms with Gasteiger partial charge in [-0.2, -0.15) is 0 Å². The molecule has 0 aromatic carbocycles. The molecule has 0 atom stereocenters. The van der Waals surface area contributed by atoms with Crippen molar-refractivity contribution in [2.24, 2.45) is 0 Å². The zero-order valence-corrected chi connectivity index (χ0v) is 3.89. The Morgan fingerprint density at radius 3 is 2.12 bits per heavy atom. The maximum absolute atomic E-state index is 3.67. The summed E-state index contributed by atoms with van der Waals surface area (Å²) in [7, 11) is 0. The Morgan fingerprint density at radius 2 is 2.00 bits per heavy atom. The van der Waals surface area contributed by atoms with Crippen molar-refractivity contribution in [2.75, 3.05) is 0 Å². The van der Waals surface area contributed by atoms with E-state index in [4.69, 9.17) is 0 Å². The topological polar surface area (TPSA) is 95.2 Å². The van der Waals surface area contributed by atoms with Crippen molar-refractivity contribution in [3.05, 3.63) is 18.7 Å². The molecule has 0 fully saturated rings. The standard InChI is InChI=1S/C3H4N2.CH4.H3N.H2O/c1-2-5-3-4-1;;;/h1-3H,(H,4,5);1H4;1H3;1H2. The molecule has 0 aliphatic carbocycles. The van der Waals surface area contributed by atoms with Crippen LogP contribution in [-0.4, -0.2) is 15.4 Å². The summed E-state index contributed by atoms with van der Waals surface area (Å²) in [5, 5.41) is 0. The normalized spacial score (nSPS) is 5.00. The molecule has 50 valence electrons. The van der Waals surface area contributed by atoms with Crippen LogP contribution in [0, 0.1) is 0 Å². The Labute approximate surface area is 48.8 Å². The van der Waals surface area contributed by atoms with Crippen LogP contribution < -0.4 is 6.15 Å². The number of nitrogens with one attached hydrogen (secondary N) is 1. The number of nitrogens with zero attached hydrogens (tertiary/aromatic N) is 1. The second-order valence-corrected chi connectivity index (χ2v) is 0.761. The number of imidazole rings is 1. The largest absolute Gasteiger partial charge is 0.412 e. The predicted octanol–water partition coefficient (Wildman–Crippen LogP) is 0.383. The lowest BCUT2D eigenvalue weighted by atomic mass is 11.0. The molecule has 4 nitrogen and oxygen atoms in total. The first-order valence-electron chi connectivity index (χ1n) is 1.43. The second-order valence-electron chi connectivity index (χ2n) is 0.761. The summed E-state index contributed by atoms with van der Waals surface area (Å²) in [6.45, 7) is 0. The van der Waals surface area contributed by atoms with Gasteiger partial charge in [-0.05, 0) is 0 Å². The Morgan fingerprint density at radius 1 is 1.38 bits per heavy atom. The molecule has 0 radical (unpaired) electrons. The Kier molecular flexibility index (Phi) is 18.6. The average molecular weight is 119 g/mol. The molecule has 0 saturated heterocycles. The van der Waals surface area contributed by atoms with E-state index in [9.17, 15) is 0 Å². The monoisotopic (exact) mass is 119 g/mol. The van der Waals surface area contributed by atoms with Crippen molar-refractivity contribution in [3.63, 3.8) is 0 Å². The maximum Gasteiger partial charge on any atom is 0.0919 e. The lowest BCUT2D eigenvalue weighted by molar-refractivity contribution is 0.824. The van der Waals surface area contributed by atoms with Gasteiger partial charge in [-0.25, -0.2) is 4.98 Å². The predicted molar refractivity (Wildman–Crippen MR) is 34.0 cm³/mol. The number of hydrogen-bond donors (Lipinski definition) is 2. The molecule has 6 N–H and O–H groups in total. The van der Waals surface area contributed by atoms with Gasteiger partial charge >= 0.3 is 0 Å². The number of rotatable bonds is 0. The van der Waals surface area contributed by atoms with E-state index in [-0.39, 0.29) is 19.1 Å². The van der Waals surface area contributed by atoms with Crippen LogP contribution in [0.3, 0.4) is 0 Å². The number of aromatic amines is 1. The molecular weight excluding hydrogens is 106 g/mol. The van der Waals surface area contributed by atoms with Crippen molar-refractivity contribution in [2.45, 2.75) is 7.43 Å². The Hall–Kier alpha value is -0.870. The van der Waals surface area contributed by atoms with Crippen LogP contribution in [0.1, 0.15) is 7.43 Å². The molecule has 1 aromatic heterocycles. The summed E-state index contributed by atoms with van der Waals surface area (Å²) in [4.78, 5) is 6.42. The third-order valence-electron chi connectivity index (χ3n) is 0.406. The summed E-state index contributed by atoms with van der Waals surface area (Å²) in [5.74, 6) is 0. The van der Waals surface area contributed by atoms with Gasteiger partial charge in [0.25, 0.3) is 0 Å². The lowest BCUT2D eigenvalue weighted by Crippen LogP contribution is -1.44. The van der Waals surface area contributed by atoms with E-state index in [1.807, 2.05) is 0 Å². The van der Waals surface area contributed by atoms with Gasteiger partial charge in [0.05, 0.1) is 6.33 Å². The van der Waals surface area contributed by atoms with Crippen LogP contribution >= 0.6 is 0 Å². The van der Waals surface area contributed by atoms with E-state index in [0.29, 0.717) is 0 Å². The molecule has 0 spiro atoms. The molecule has 4 heteroatoms. The molecule has 1 aromatic rings. The van der Waals surface area contributed by atoms with Crippen molar-refractivity contribution in [1.82, 2.24) is 16.1 Å². The second kappa shape index (κ2) is 9.46. The Bertz CT molecular complexity index is 67.8. The van der Waals surface area contributed by atoms with Crippen molar-refractivity contribution in [1.29, 1.82) is 0 Å². The van der Waals surface area contributed by atoms with Crippen LogP contribution in [0.2, 0.25) is 0 Å². The van der Waals surface area contributed by atoms with E-state index in [1.54, 1.807) is 18.7 Å². The quantitative estimate of drug-likeness (QED) is 0.516. The van der Waals surface area contributed by atoms with Crippen LogP contribution in [0.25, 0.3) is 0 Å². The number of aromatic nitrogens is 2. The number of hydrogen-bond acceptors (Lipinski definition) is 2. The summed E-state index contributed by atoms with van der Waals surface area (Å²) >= 11 is 0. The highest BCUT2D eigenvalue weighted by atomic mass is 16.0. The van der Waals surface area contributed by atoms with Gasteiger partial charge in [0, 0.05) is 12.4 Å². The number of H-pyrrole nitrogens is 1. The van der Waals surface area contributed by atoms with Crippen LogP contribution in [0.15, 0.2) is 18.7 Å². The van der Waals surface area contributed by atoms with Gasteiger partial charge in [-0.3, -0.25) is 0 Å². The first kappa shape index (κ1) is 15.7. The molecule has 1 heterocycles. The van der Waals surface area contributed by atoms with Gasteiger partial charge in [-0.15, -0.1) is 0 Å². The molecule has 0 saturated carbocycles. The third kappa shape index (κ3) is 5.13. The van der Waals surface area contributed by atoms with Gasteiger partial charge in [0.1, 0.15) is 0 Å². The van der Waals surface area contributed by atoms with Gasteiger partial charge in [0.2, 0.25) is 0 Å². The van der Waals surface area contributed by atoms with Crippen molar-refractivity contribution >= 4 is 0 Å². The zero-order chi connectivity index (χ0) is 3.54. The molecule has 0 amide bonds. The summed E-state index contributed by atoms with van der Waals surface area (Å²) < 4.78 is 0. The van der Waals surface area contributed by atoms with E-state index in [0.717, 1.165) is 0 Å². The molecule has 0 bridgehead atoms. The molecule has 8 heavy (non-hydrogen) atoms. The fourth-order valence-electron chi connectivity index (χ4n) is 0.215. The smallest absolute Gasteiger partial charge is 0.0919 e. The van der Waals surface area contributed by atoms with E-state index >= 15 is 0 Å². The van der Waals surface area contributed by atoms with Crippen LogP contribution in [0.4, 0.5) is 0 Å². The Balaban J connectivity index is -0.0000000833. The highest BCUT2D eigenvalue weighted by Crippen LogP contribution is 1.62. The fraction of sp³-hybridized carbons (Fsp3) is 0.250. The van der Waals surface area contributed by atoms with Crippen LogP contribution in [0.5, 0.6) is 0 Å². The summed E-state index contributed by atoms with van der Waals surface area (Å²) in [6.07, 6.45) is 5.08. The van der Waals surface area contributed by atoms with Crippen molar-refractivity contribution in [3.8, 4) is 0 Å². The minimum Gasteiger partial charge on any atom is -0.412 e. The van der Waals surface area contributed by atoms with E-state index < -0.39 is 0 Å². The SMILES string of the molecule is C.N.O.c1c[nH]cn1. The van der Waals surface area contributed by atoms with Crippen molar-refractivity contribution < 1.29 is 5.48 Å².